The van der Waals surface area contributed by atoms with Gasteiger partial charge in [0, 0.05) is 11.4 Å². The summed E-state index contributed by atoms with van der Waals surface area (Å²) in [6, 6.07) is 10.9. The van der Waals surface area contributed by atoms with Crippen LogP contribution in [0.5, 0.6) is 11.5 Å². The van der Waals surface area contributed by atoms with E-state index in [9.17, 15) is 4.79 Å². The highest BCUT2D eigenvalue weighted by Crippen LogP contribution is 2.42. The summed E-state index contributed by atoms with van der Waals surface area (Å²) in [7, 11) is 1.59. The molecule has 1 aromatic heterocycles. The van der Waals surface area contributed by atoms with Gasteiger partial charge in [0.1, 0.15) is 12.4 Å². The Labute approximate surface area is 194 Å². The fraction of sp³-hybridized carbons (Fsp3) is 0.261. The van der Waals surface area contributed by atoms with E-state index >= 15 is 0 Å². The van der Waals surface area contributed by atoms with Gasteiger partial charge in [-0.25, -0.2) is 4.68 Å². The fourth-order valence-corrected chi connectivity index (χ4v) is 4.35. The van der Waals surface area contributed by atoms with Crippen molar-refractivity contribution in [2.75, 3.05) is 24.4 Å². The third-order valence-electron chi connectivity index (χ3n) is 5.29. The lowest BCUT2D eigenvalue weighted by molar-refractivity contribution is -0.113. The van der Waals surface area contributed by atoms with Gasteiger partial charge in [-0.2, -0.15) is 10.1 Å². The van der Waals surface area contributed by atoms with Crippen molar-refractivity contribution in [3.63, 3.8) is 0 Å². The first-order valence-corrected chi connectivity index (χ1v) is 11.0. The molecule has 8 nitrogen and oxygen atoms in total. The number of rotatable bonds is 6. The first-order valence-electron chi connectivity index (χ1n) is 10.2. The van der Waals surface area contributed by atoms with E-state index in [-0.39, 0.29) is 5.91 Å². The Bertz CT molecular complexity index is 1200. The van der Waals surface area contributed by atoms with Crippen LogP contribution in [0.2, 0.25) is 0 Å². The molecule has 166 valence electrons. The number of allylic oxidation sites excluding steroid dienone is 1. The van der Waals surface area contributed by atoms with Gasteiger partial charge in [-0.05, 0) is 66.0 Å². The number of nitrogens with one attached hydrogen (secondary N) is 2. The van der Waals surface area contributed by atoms with Crippen LogP contribution < -0.4 is 20.1 Å². The van der Waals surface area contributed by atoms with Gasteiger partial charge in [0.05, 0.1) is 23.8 Å². The van der Waals surface area contributed by atoms with E-state index in [2.05, 4.69) is 36.6 Å². The molecule has 2 aromatic carbocycles. The Morgan fingerprint density at radius 3 is 2.78 bits per heavy atom. The molecule has 1 amide bonds. The number of ether oxygens (including phenoxy) is 2. The number of anilines is 2. The standard InChI is InChI=1S/C23H24BrN5O3/c1-5-32-21-16(24)10-15(11-18(21)31-4)20-19(14(3)27-23-25-12-26-29(20)23)22(30)28-17-9-7-6-8-13(17)2/h6-12,20H,5H2,1-4H3,(H,28,30)(H,25,26,27). The van der Waals surface area contributed by atoms with Crippen LogP contribution in [-0.4, -0.2) is 34.4 Å². The second kappa shape index (κ2) is 9.04. The molecule has 1 unspecified atom stereocenters. The van der Waals surface area contributed by atoms with Crippen LogP contribution in [0, 0.1) is 6.92 Å². The molecule has 0 radical (unpaired) electrons. The summed E-state index contributed by atoms with van der Waals surface area (Å²) >= 11 is 3.59. The predicted octanol–water partition coefficient (Wildman–Crippen LogP) is 4.68. The minimum atomic E-state index is -0.515. The van der Waals surface area contributed by atoms with Crippen LogP contribution in [0.25, 0.3) is 0 Å². The topological polar surface area (TPSA) is 90.3 Å². The van der Waals surface area contributed by atoms with E-state index in [1.54, 1.807) is 11.8 Å². The van der Waals surface area contributed by atoms with Crippen molar-refractivity contribution in [3.8, 4) is 11.5 Å². The van der Waals surface area contributed by atoms with Crippen LogP contribution in [-0.2, 0) is 4.79 Å². The van der Waals surface area contributed by atoms with Gasteiger partial charge in [-0.1, -0.05) is 18.2 Å². The summed E-state index contributed by atoms with van der Waals surface area (Å²) in [4.78, 5) is 17.8. The van der Waals surface area contributed by atoms with Crippen LogP contribution >= 0.6 is 15.9 Å². The van der Waals surface area contributed by atoms with Crippen LogP contribution in [0.1, 0.15) is 31.0 Å². The Hall–Kier alpha value is -3.33. The first-order chi connectivity index (χ1) is 15.4. The number of nitrogens with zero attached hydrogens (tertiary/aromatic N) is 3. The normalized spacial score (nSPS) is 15.1. The lowest BCUT2D eigenvalue weighted by atomic mass is 9.94. The summed E-state index contributed by atoms with van der Waals surface area (Å²) in [6.45, 7) is 6.22. The van der Waals surface area contributed by atoms with Crippen molar-refractivity contribution in [3.05, 3.63) is 69.6 Å². The van der Waals surface area contributed by atoms with Gasteiger partial charge < -0.3 is 20.1 Å². The summed E-state index contributed by atoms with van der Waals surface area (Å²) in [5.41, 5.74) is 3.77. The minimum Gasteiger partial charge on any atom is -0.493 e. The van der Waals surface area contributed by atoms with Gasteiger partial charge in [0.25, 0.3) is 5.91 Å². The van der Waals surface area contributed by atoms with Gasteiger partial charge in [-0.15, -0.1) is 0 Å². The average Bonchev–Trinajstić information content (AvgIpc) is 3.23. The number of amides is 1. The van der Waals surface area contributed by atoms with E-state index in [1.807, 2.05) is 57.2 Å². The Balaban J connectivity index is 1.82. The van der Waals surface area contributed by atoms with E-state index < -0.39 is 6.04 Å². The Morgan fingerprint density at radius 1 is 1.28 bits per heavy atom. The molecular weight excluding hydrogens is 474 g/mol. The number of carbonyl (C=O) groups excluding carboxylic acids is 1. The number of aryl methyl sites for hydroxylation is 1. The zero-order valence-corrected chi connectivity index (χ0v) is 19.9. The molecule has 0 saturated carbocycles. The highest BCUT2D eigenvalue weighted by molar-refractivity contribution is 9.10. The number of benzene rings is 2. The summed E-state index contributed by atoms with van der Waals surface area (Å²) < 4.78 is 13.7. The number of hydrogen-bond acceptors (Lipinski definition) is 6. The Kier molecular flexibility index (Phi) is 6.18. The summed E-state index contributed by atoms with van der Waals surface area (Å²) in [5.74, 6) is 1.51. The summed E-state index contributed by atoms with van der Waals surface area (Å²) in [5, 5.41) is 10.6. The predicted molar refractivity (Wildman–Crippen MR) is 126 cm³/mol. The largest absolute Gasteiger partial charge is 0.493 e. The molecule has 2 N–H and O–H groups in total. The van der Waals surface area contributed by atoms with Gasteiger partial charge >= 0.3 is 0 Å². The molecule has 0 bridgehead atoms. The molecule has 1 aliphatic rings. The van der Waals surface area contributed by atoms with E-state index in [0.717, 1.165) is 21.3 Å². The van der Waals surface area contributed by atoms with Crippen LogP contribution in [0.15, 0.2) is 58.5 Å². The molecule has 2 heterocycles. The fourth-order valence-electron chi connectivity index (χ4n) is 3.78. The molecule has 3 aromatic rings. The lowest BCUT2D eigenvalue weighted by Gasteiger charge is -2.29. The molecule has 0 aliphatic carbocycles. The van der Waals surface area contributed by atoms with Crippen LogP contribution in [0.3, 0.4) is 0 Å². The molecule has 0 fully saturated rings. The van der Waals surface area contributed by atoms with Crippen molar-refractivity contribution in [1.29, 1.82) is 0 Å². The van der Waals surface area contributed by atoms with E-state index in [0.29, 0.717) is 35.3 Å². The third kappa shape index (κ3) is 3.95. The van der Waals surface area contributed by atoms with E-state index in [4.69, 9.17) is 9.47 Å². The highest BCUT2D eigenvalue weighted by atomic mass is 79.9. The number of aromatic nitrogens is 3. The molecule has 1 atom stereocenters. The third-order valence-corrected chi connectivity index (χ3v) is 5.88. The number of fused-ring (bicyclic) bond motifs is 1. The molecular formula is C23H24BrN5O3. The molecule has 4 rings (SSSR count). The number of hydrogen-bond donors (Lipinski definition) is 2. The van der Waals surface area contributed by atoms with Crippen molar-refractivity contribution in [1.82, 2.24) is 14.8 Å². The zero-order valence-electron chi connectivity index (χ0n) is 18.3. The monoisotopic (exact) mass is 497 g/mol. The maximum absolute atomic E-state index is 13.5. The van der Waals surface area contributed by atoms with Crippen molar-refractivity contribution in [2.45, 2.75) is 26.8 Å². The SMILES string of the molecule is CCOc1c(Br)cc(C2C(C(=O)Nc3ccccc3C)=C(C)Nc3ncnn32)cc1OC. The highest BCUT2D eigenvalue weighted by Gasteiger charge is 2.34. The molecule has 0 spiro atoms. The van der Waals surface area contributed by atoms with E-state index in [1.165, 1.54) is 6.33 Å². The smallest absolute Gasteiger partial charge is 0.255 e. The second-order valence-electron chi connectivity index (χ2n) is 7.33. The number of halogens is 1. The molecule has 1 aliphatic heterocycles. The maximum atomic E-state index is 13.5. The molecule has 0 saturated heterocycles. The van der Waals surface area contributed by atoms with Gasteiger partial charge in [-0.3, -0.25) is 4.79 Å². The zero-order chi connectivity index (χ0) is 22.8. The lowest BCUT2D eigenvalue weighted by Crippen LogP contribution is -2.31. The number of para-hydroxylation sites is 1. The van der Waals surface area contributed by atoms with Crippen molar-refractivity contribution >= 4 is 33.5 Å². The summed E-state index contributed by atoms with van der Waals surface area (Å²) in [6.07, 6.45) is 1.46. The Morgan fingerprint density at radius 2 is 2.06 bits per heavy atom. The molecule has 32 heavy (non-hydrogen) atoms. The maximum Gasteiger partial charge on any atom is 0.255 e. The second-order valence-corrected chi connectivity index (χ2v) is 8.18. The van der Waals surface area contributed by atoms with Gasteiger partial charge in [0.15, 0.2) is 11.5 Å². The van der Waals surface area contributed by atoms with Crippen molar-refractivity contribution in [2.24, 2.45) is 0 Å². The quantitative estimate of drug-likeness (QED) is 0.513. The molecule has 9 heteroatoms. The first kappa shape index (κ1) is 21.9. The van der Waals surface area contributed by atoms with Gasteiger partial charge in [0.2, 0.25) is 5.95 Å². The number of methoxy groups -OCH3 is 1. The van der Waals surface area contributed by atoms with Crippen LogP contribution in [0.4, 0.5) is 11.6 Å². The number of carbonyl (C=O) groups is 1. The van der Waals surface area contributed by atoms with Crippen molar-refractivity contribution < 1.29 is 14.3 Å². The minimum absolute atomic E-state index is 0.223. The average molecular weight is 498 g/mol.